The first-order valence-corrected chi connectivity index (χ1v) is 4.90. The number of hydrogen-bond donors (Lipinski definition) is 0. The third kappa shape index (κ3) is 3.38. The molecule has 0 aromatic carbocycles. The molecule has 0 rings (SSSR count). The summed E-state index contributed by atoms with van der Waals surface area (Å²) >= 11 is 2.94. The molecule has 0 aromatic heterocycles. The van der Waals surface area contributed by atoms with E-state index in [-0.39, 0.29) is 0 Å². The van der Waals surface area contributed by atoms with E-state index in [4.69, 9.17) is 0 Å². The van der Waals surface area contributed by atoms with E-state index in [1.54, 1.807) is 0 Å². The van der Waals surface area contributed by atoms with E-state index in [1.807, 2.05) is 0 Å². The summed E-state index contributed by atoms with van der Waals surface area (Å²) in [5, 5.41) is 0. The van der Waals surface area contributed by atoms with Crippen molar-refractivity contribution in [3.8, 4) is 0 Å². The van der Waals surface area contributed by atoms with Crippen molar-refractivity contribution < 1.29 is 15.4 Å². The Bertz CT molecular complexity index is 53.7. The topological polar surface area (TPSA) is 3.24 Å². The van der Waals surface area contributed by atoms with Crippen LogP contribution < -0.4 is 0 Å². The van der Waals surface area contributed by atoms with Crippen LogP contribution in [0.25, 0.3) is 0 Å². The molecular formula is C4H10CrNP. The van der Waals surface area contributed by atoms with Crippen molar-refractivity contribution in [2.24, 2.45) is 0 Å². The average molecular weight is 155 g/mol. The van der Waals surface area contributed by atoms with Gasteiger partial charge in [-0.2, -0.15) is 0 Å². The molecule has 0 saturated heterocycles. The molecule has 42 valence electrons. The van der Waals surface area contributed by atoms with E-state index < -0.39 is 0 Å². The molecule has 0 radical (unpaired) electrons. The summed E-state index contributed by atoms with van der Waals surface area (Å²) in [6, 6.07) is 0. The average Bonchev–Trinajstić information content (AvgIpc) is 1.72. The van der Waals surface area contributed by atoms with Crippen LogP contribution in [0, 0.1) is 0 Å². The van der Waals surface area contributed by atoms with E-state index >= 15 is 0 Å². The van der Waals surface area contributed by atoms with Gasteiger partial charge in [0.15, 0.2) is 0 Å². The zero-order valence-electron chi connectivity index (χ0n) is 4.72. The summed E-state index contributed by atoms with van der Waals surface area (Å²) < 4.78 is 2.29. The Balaban J connectivity index is 3.16. The second kappa shape index (κ2) is 4.94. The molecule has 0 fully saturated rings. The summed E-state index contributed by atoms with van der Waals surface area (Å²) in [5.74, 6) is 0. The van der Waals surface area contributed by atoms with Crippen molar-refractivity contribution in [1.82, 2.24) is 4.67 Å². The molecular weight excluding hydrogens is 145 g/mol. The summed E-state index contributed by atoms with van der Waals surface area (Å²) in [7, 11) is 0. The Labute approximate surface area is 54.4 Å². The Morgan fingerprint density at radius 2 is 1.86 bits per heavy atom. The van der Waals surface area contributed by atoms with E-state index in [1.165, 1.54) is 6.93 Å². The maximum atomic E-state index is 2.94. The van der Waals surface area contributed by atoms with Gasteiger partial charge in [-0.15, -0.1) is 0 Å². The number of nitrogens with zero attached hydrogens (tertiary/aromatic N) is 1. The Morgan fingerprint density at radius 1 is 1.43 bits per heavy atom. The van der Waals surface area contributed by atoms with Crippen LogP contribution in [0.2, 0.25) is 0 Å². The molecule has 0 unspecified atom stereocenters. The first-order valence-electron chi connectivity index (χ1n) is 2.43. The molecule has 7 heavy (non-hydrogen) atoms. The quantitative estimate of drug-likeness (QED) is 0.560. The van der Waals surface area contributed by atoms with Crippen molar-refractivity contribution in [1.29, 1.82) is 0 Å². The van der Waals surface area contributed by atoms with Gasteiger partial charge in [0.05, 0.1) is 0 Å². The number of rotatable bonds is 3. The van der Waals surface area contributed by atoms with Gasteiger partial charge in [0, 0.05) is 0 Å². The summed E-state index contributed by atoms with van der Waals surface area (Å²) in [6.45, 7) is 7.88. The van der Waals surface area contributed by atoms with Crippen LogP contribution in [-0.4, -0.2) is 17.8 Å². The van der Waals surface area contributed by atoms with Crippen LogP contribution in [0.15, 0.2) is 0 Å². The third-order valence-corrected chi connectivity index (χ3v) is 2.72. The first-order chi connectivity index (χ1) is 3.35. The second-order valence-corrected chi connectivity index (χ2v) is 2.71. The molecule has 0 aromatic rings. The first kappa shape index (κ1) is 7.79. The van der Waals surface area contributed by atoms with Crippen molar-refractivity contribution in [2.45, 2.75) is 13.8 Å². The van der Waals surface area contributed by atoms with Crippen LogP contribution in [0.5, 0.6) is 0 Å². The molecule has 0 aliphatic carbocycles. The normalized spacial score (nSPS) is 10.7. The van der Waals surface area contributed by atoms with Crippen LogP contribution in [-0.2, 0) is 15.4 Å². The molecule has 0 N–H and O–H groups in total. The second-order valence-electron chi connectivity index (χ2n) is 1.22. The monoisotopic (exact) mass is 155 g/mol. The predicted molar refractivity (Wildman–Crippen MR) is 29.8 cm³/mol. The van der Waals surface area contributed by atoms with Crippen LogP contribution in [0.1, 0.15) is 13.8 Å². The molecule has 0 aliphatic heterocycles. The van der Waals surface area contributed by atoms with E-state index in [0.29, 0.717) is 0 Å². The Morgan fingerprint density at radius 3 is 1.86 bits per heavy atom. The van der Waals surface area contributed by atoms with Gasteiger partial charge in [0.2, 0.25) is 0 Å². The fraction of sp³-hybridized carbons (Fsp3) is 1.00. The summed E-state index contributed by atoms with van der Waals surface area (Å²) in [6.07, 6.45) is 0. The van der Waals surface area contributed by atoms with Gasteiger partial charge in [-0.1, -0.05) is 0 Å². The SMILES string of the molecule is CCN(CC)[P]=[Cr]. The van der Waals surface area contributed by atoms with Gasteiger partial charge in [-0.25, -0.2) is 0 Å². The standard InChI is InChI=1S/C4H10NP.Cr/c1-3-5(6)4-2;/h3-4H2,1-2H3;. The molecule has 3 heteroatoms. The van der Waals surface area contributed by atoms with Gasteiger partial charge < -0.3 is 0 Å². The molecule has 1 nitrogen and oxygen atoms in total. The van der Waals surface area contributed by atoms with E-state index in [2.05, 4.69) is 33.9 Å². The Hall–Kier alpha value is 0.792. The molecule has 0 aliphatic rings. The minimum atomic E-state index is 1.14. The molecule has 0 bridgehead atoms. The van der Waals surface area contributed by atoms with Gasteiger partial charge in [-0.3, -0.25) is 0 Å². The molecule has 0 spiro atoms. The molecule has 0 saturated carbocycles. The predicted octanol–water partition coefficient (Wildman–Crippen LogP) is 1.65. The van der Waals surface area contributed by atoms with Crippen molar-refractivity contribution >= 4 is 6.93 Å². The van der Waals surface area contributed by atoms with E-state index in [9.17, 15) is 0 Å². The van der Waals surface area contributed by atoms with Crippen molar-refractivity contribution in [3.63, 3.8) is 0 Å². The van der Waals surface area contributed by atoms with Crippen LogP contribution in [0.4, 0.5) is 0 Å². The van der Waals surface area contributed by atoms with Crippen molar-refractivity contribution in [2.75, 3.05) is 13.1 Å². The van der Waals surface area contributed by atoms with Gasteiger partial charge in [0.1, 0.15) is 0 Å². The fourth-order valence-electron chi connectivity index (χ4n) is 0.339. The zero-order valence-corrected chi connectivity index (χ0v) is 6.89. The van der Waals surface area contributed by atoms with Crippen LogP contribution >= 0.6 is 6.93 Å². The molecule has 0 atom stereocenters. The molecule has 0 amide bonds. The molecule has 0 heterocycles. The maximum absolute atomic E-state index is 2.94. The summed E-state index contributed by atoms with van der Waals surface area (Å²) in [5.41, 5.74) is 0. The zero-order chi connectivity index (χ0) is 5.70. The van der Waals surface area contributed by atoms with Gasteiger partial charge >= 0.3 is 53.9 Å². The minimum absolute atomic E-state index is 1.14. The fourth-order valence-corrected chi connectivity index (χ4v) is 1.65. The third-order valence-electron chi connectivity index (χ3n) is 0.846. The Kier molecular flexibility index (Phi) is 5.50. The van der Waals surface area contributed by atoms with Crippen LogP contribution in [0.3, 0.4) is 0 Å². The van der Waals surface area contributed by atoms with E-state index in [0.717, 1.165) is 13.1 Å². The number of hydrogen-bond acceptors (Lipinski definition) is 1. The van der Waals surface area contributed by atoms with Gasteiger partial charge in [-0.05, 0) is 0 Å². The summed E-state index contributed by atoms with van der Waals surface area (Å²) in [4.78, 5) is 0. The van der Waals surface area contributed by atoms with Gasteiger partial charge in [0.25, 0.3) is 0 Å². The van der Waals surface area contributed by atoms with Crippen molar-refractivity contribution in [3.05, 3.63) is 0 Å².